The molecule has 0 aliphatic carbocycles. The second-order valence-corrected chi connectivity index (χ2v) is 8.19. The Kier molecular flexibility index (Phi) is 5.73. The normalized spacial score (nSPS) is 12.3. The third kappa shape index (κ3) is 4.35. The standard InChI is InChI=1S/C26H20N2O5S/c1-15-6-7-16(19-12-17-4-2-3-5-21(17)33-25(19)30)13-20(15)27-26(34)28-24(29)18-8-9-22-23(14-18)32-11-10-31-22/h2-9,12-14H,10-11H2,1H3,(H2,27,28,29,34). The van der Waals surface area contributed by atoms with Crippen molar-refractivity contribution in [3.63, 3.8) is 0 Å². The minimum atomic E-state index is -0.428. The van der Waals surface area contributed by atoms with Gasteiger partial charge in [-0.25, -0.2) is 4.79 Å². The molecule has 5 rings (SSSR count). The maximum absolute atomic E-state index is 12.7. The molecule has 34 heavy (non-hydrogen) atoms. The Balaban J connectivity index is 1.35. The van der Waals surface area contributed by atoms with E-state index < -0.39 is 5.63 Å². The van der Waals surface area contributed by atoms with Gasteiger partial charge >= 0.3 is 5.63 Å². The Labute approximate surface area is 200 Å². The number of hydrogen-bond donors (Lipinski definition) is 2. The van der Waals surface area contributed by atoms with Crippen LogP contribution in [0.2, 0.25) is 0 Å². The molecule has 0 saturated carbocycles. The number of nitrogens with one attached hydrogen (secondary N) is 2. The minimum absolute atomic E-state index is 0.130. The van der Waals surface area contributed by atoms with Crippen LogP contribution in [0.1, 0.15) is 15.9 Å². The molecule has 2 heterocycles. The number of ether oxygens (including phenoxy) is 2. The highest BCUT2D eigenvalue weighted by Crippen LogP contribution is 2.31. The van der Waals surface area contributed by atoms with E-state index in [9.17, 15) is 9.59 Å². The summed E-state index contributed by atoms with van der Waals surface area (Å²) in [6.07, 6.45) is 0. The van der Waals surface area contributed by atoms with Gasteiger partial charge in [0.2, 0.25) is 0 Å². The number of thiocarbonyl (C=S) groups is 1. The van der Waals surface area contributed by atoms with Crippen molar-refractivity contribution in [1.82, 2.24) is 5.32 Å². The van der Waals surface area contributed by atoms with Crippen molar-refractivity contribution in [2.45, 2.75) is 6.92 Å². The first kappa shape index (κ1) is 21.7. The minimum Gasteiger partial charge on any atom is -0.486 e. The fourth-order valence-electron chi connectivity index (χ4n) is 3.70. The van der Waals surface area contributed by atoms with E-state index in [4.69, 9.17) is 26.1 Å². The Hall–Kier alpha value is -4.17. The van der Waals surface area contributed by atoms with Gasteiger partial charge in [0.1, 0.15) is 18.8 Å². The SMILES string of the molecule is Cc1ccc(-c2cc3ccccc3oc2=O)cc1NC(=S)NC(=O)c1ccc2c(c1)OCCO2. The quantitative estimate of drug-likeness (QED) is 0.331. The highest BCUT2D eigenvalue weighted by atomic mass is 32.1. The van der Waals surface area contributed by atoms with Gasteiger partial charge < -0.3 is 19.2 Å². The van der Waals surface area contributed by atoms with Crippen molar-refractivity contribution < 1.29 is 18.7 Å². The second kappa shape index (κ2) is 8.99. The first-order chi connectivity index (χ1) is 16.5. The number of fused-ring (bicyclic) bond motifs is 2. The summed E-state index contributed by atoms with van der Waals surface area (Å²) in [6, 6.07) is 19.6. The van der Waals surface area contributed by atoms with Crippen LogP contribution < -0.4 is 25.7 Å². The molecule has 1 aliphatic rings. The zero-order valence-electron chi connectivity index (χ0n) is 18.2. The van der Waals surface area contributed by atoms with Gasteiger partial charge in [-0.05, 0) is 66.7 Å². The number of aryl methyl sites for hydroxylation is 1. The van der Waals surface area contributed by atoms with Gasteiger partial charge in [0.05, 0.1) is 5.56 Å². The van der Waals surface area contributed by atoms with Crippen molar-refractivity contribution in [3.8, 4) is 22.6 Å². The van der Waals surface area contributed by atoms with Gasteiger partial charge in [0.15, 0.2) is 16.6 Å². The van der Waals surface area contributed by atoms with E-state index >= 15 is 0 Å². The van der Waals surface area contributed by atoms with Gasteiger partial charge in [-0.1, -0.05) is 30.3 Å². The van der Waals surface area contributed by atoms with Crippen LogP contribution in [0.5, 0.6) is 11.5 Å². The monoisotopic (exact) mass is 472 g/mol. The lowest BCUT2D eigenvalue weighted by Gasteiger charge is -2.19. The zero-order valence-corrected chi connectivity index (χ0v) is 19.0. The highest BCUT2D eigenvalue weighted by Gasteiger charge is 2.16. The summed E-state index contributed by atoms with van der Waals surface area (Å²) in [7, 11) is 0. The summed E-state index contributed by atoms with van der Waals surface area (Å²) in [5, 5.41) is 6.69. The number of benzene rings is 3. The molecule has 1 aliphatic heterocycles. The summed E-state index contributed by atoms with van der Waals surface area (Å²) in [4.78, 5) is 25.3. The van der Waals surface area contributed by atoms with Crippen LogP contribution in [0.3, 0.4) is 0 Å². The van der Waals surface area contributed by atoms with E-state index in [-0.39, 0.29) is 11.0 Å². The van der Waals surface area contributed by atoms with Crippen LogP contribution in [0.25, 0.3) is 22.1 Å². The van der Waals surface area contributed by atoms with Gasteiger partial charge in [-0.3, -0.25) is 10.1 Å². The molecule has 0 spiro atoms. The number of amides is 1. The van der Waals surface area contributed by atoms with Crippen molar-refractivity contribution in [3.05, 3.63) is 88.3 Å². The Bertz CT molecular complexity index is 1490. The van der Waals surface area contributed by atoms with Gasteiger partial charge in [0.25, 0.3) is 5.91 Å². The second-order valence-electron chi connectivity index (χ2n) is 7.78. The molecule has 3 aromatic carbocycles. The molecule has 7 nitrogen and oxygen atoms in total. The van der Waals surface area contributed by atoms with Crippen LogP contribution >= 0.6 is 12.2 Å². The Morgan fingerprint density at radius 3 is 2.59 bits per heavy atom. The smallest absolute Gasteiger partial charge is 0.344 e. The molecule has 0 fully saturated rings. The number of para-hydroxylation sites is 1. The third-order valence-corrected chi connectivity index (χ3v) is 5.67. The molecular formula is C26H20N2O5S. The summed E-state index contributed by atoms with van der Waals surface area (Å²) in [5.74, 6) is 0.753. The lowest BCUT2D eigenvalue weighted by Crippen LogP contribution is -2.34. The van der Waals surface area contributed by atoms with E-state index in [0.717, 1.165) is 10.9 Å². The van der Waals surface area contributed by atoms with Gasteiger partial charge in [-0.2, -0.15) is 0 Å². The predicted octanol–water partition coefficient (Wildman–Crippen LogP) is 4.67. The van der Waals surface area contributed by atoms with Crippen molar-refractivity contribution in [2.75, 3.05) is 18.5 Å². The number of carbonyl (C=O) groups is 1. The molecule has 1 amide bonds. The molecular weight excluding hydrogens is 452 g/mol. The van der Waals surface area contributed by atoms with E-state index in [2.05, 4.69) is 10.6 Å². The lowest BCUT2D eigenvalue weighted by molar-refractivity contribution is 0.0976. The van der Waals surface area contributed by atoms with E-state index in [1.165, 1.54) is 0 Å². The lowest BCUT2D eigenvalue weighted by atomic mass is 10.0. The van der Waals surface area contributed by atoms with Gasteiger partial charge in [0, 0.05) is 16.6 Å². The zero-order chi connectivity index (χ0) is 23.7. The van der Waals surface area contributed by atoms with Crippen molar-refractivity contribution in [1.29, 1.82) is 0 Å². The molecule has 0 unspecified atom stereocenters. The third-order valence-electron chi connectivity index (χ3n) is 5.47. The van der Waals surface area contributed by atoms with Crippen molar-refractivity contribution in [2.24, 2.45) is 0 Å². The molecule has 0 saturated heterocycles. The van der Waals surface area contributed by atoms with Crippen LogP contribution in [0.4, 0.5) is 5.69 Å². The predicted molar refractivity (Wildman–Crippen MR) is 134 cm³/mol. The van der Waals surface area contributed by atoms with Crippen LogP contribution in [0.15, 0.2) is 75.9 Å². The Morgan fingerprint density at radius 2 is 1.74 bits per heavy atom. The van der Waals surface area contributed by atoms with Crippen LogP contribution in [0, 0.1) is 6.92 Å². The average Bonchev–Trinajstić information content (AvgIpc) is 2.84. The summed E-state index contributed by atoms with van der Waals surface area (Å²) < 4.78 is 16.5. The number of anilines is 1. The number of rotatable bonds is 3. The molecule has 4 aromatic rings. The number of carbonyl (C=O) groups excluding carboxylic acids is 1. The topological polar surface area (TPSA) is 89.8 Å². The molecule has 2 N–H and O–H groups in total. The van der Waals surface area contributed by atoms with Gasteiger partial charge in [-0.15, -0.1) is 0 Å². The number of hydrogen-bond acceptors (Lipinski definition) is 6. The molecule has 8 heteroatoms. The largest absolute Gasteiger partial charge is 0.486 e. The summed E-state index contributed by atoms with van der Waals surface area (Å²) >= 11 is 5.36. The fourth-order valence-corrected chi connectivity index (χ4v) is 3.90. The maximum atomic E-state index is 12.7. The van der Waals surface area contributed by atoms with Crippen molar-refractivity contribution >= 4 is 39.9 Å². The van der Waals surface area contributed by atoms with E-state index in [1.807, 2.05) is 37.3 Å². The molecule has 0 atom stereocenters. The summed E-state index contributed by atoms with van der Waals surface area (Å²) in [6.45, 7) is 2.82. The first-order valence-corrected chi connectivity index (χ1v) is 11.0. The Morgan fingerprint density at radius 1 is 0.941 bits per heavy atom. The molecule has 170 valence electrons. The highest BCUT2D eigenvalue weighted by molar-refractivity contribution is 7.80. The van der Waals surface area contributed by atoms with Crippen LogP contribution in [-0.2, 0) is 0 Å². The molecule has 1 aromatic heterocycles. The summed E-state index contributed by atoms with van der Waals surface area (Å²) in [5.41, 5.74) is 3.17. The van der Waals surface area contributed by atoms with Crippen LogP contribution in [-0.4, -0.2) is 24.2 Å². The van der Waals surface area contributed by atoms with E-state index in [0.29, 0.717) is 52.7 Å². The van der Waals surface area contributed by atoms with E-state index in [1.54, 1.807) is 36.4 Å². The first-order valence-electron chi connectivity index (χ1n) is 10.6. The average molecular weight is 473 g/mol. The fraction of sp³-hybridized carbons (Fsp3) is 0.115. The maximum Gasteiger partial charge on any atom is 0.344 e. The molecule has 0 bridgehead atoms. The molecule has 0 radical (unpaired) electrons.